The number of fused-ring (bicyclic) bond motifs is 1. The zero-order valence-corrected chi connectivity index (χ0v) is 8.94. The Hall–Kier alpha value is -1.94. The first-order chi connectivity index (χ1) is 7.84. The first kappa shape index (κ1) is 9.30. The van der Waals surface area contributed by atoms with Gasteiger partial charge in [0, 0.05) is 12.4 Å². The van der Waals surface area contributed by atoms with Gasteiger partial charge in [-0.2, -0.15) is 0 Å². The van der Waals surface area contributed by atoms with Gasteiger partial charge in [0.2, 0.25) is 0 Å². The molecule has 16 heavy (non-hydrogen) atoms. The molecule has 3 rings (SSSR count). The van der Waals surface area contributed by atoms with E-state index in [9.17, 15) is 0 Å². The van der Waals surface area contributed by atoms with Crippen LogP contribution in [0.3, 0.4) is 0 Å². The summed E-state index contributed by atoms with van der Waals surface area (Å²) in [5.74, 6) is 0.700. The molecule has 0 amide bonds. The van der Waals surface area contributed by atoms with Crippen molar-refractivity contribution in [3.8, 4) is 11.5 Å². The smallest absolute Gasteiger partial charge is 0.157 e. The summed E-state index contributed by atoms with van der Waals surface area (Å²) in [6.07, 6.45) is 3.37. The van der Waals surface area contributed by atoms with Gasteiger partial charge in [-0.25, -0.2) is 9.97 Å². The maximum atomic E-state index is 5.94. The number of hydrogen-bond donors (Lipinski definition) is 1. The summed E-state index contributed by atoms with van der Waals surface area (Å²) >= 11 is 5.94. The van der Waals surface area contributed by atoms with E-state index in [1.807, 2.05) is 24.3 Å². The van der Waals surface area contributed by atoms with Crippen molar-refractivity contribution in [2.24, 2.45) is 0 Å². The molecule has 3 aromatic rings. The Kier molecular flexibility index (Phi) is 2.08. The molecule has 0 aliphatic heterocycles. The van der Waals surface area contributed by atoms with Crippen molar-refractivity contribution in [3.63, 3.8) is 0 Å². The molecule has 3 heterocycles. The Morgan fingerprint density at radius 2 is 2.00 bits per heavy atom. The van der Waals surface area contributed by atoms with Crippen LogP contribution in [-0.2, 0) is 0 Å². The predicted molar refractivity (Wildman–Crippen MR) is 62.1 cm³/mol. The highest BCUT2D eigenvalue weighted by atomic mass is 35.5. The van der Waals surface area contributed by atoms with Crippen LogP contribution in [0.15, 0.2) is 36.7 Å². The lowest BCUT2D eigenvalue weighted by Gasteiger charge is -1.92. The average Bonchev–Trinajstić information content (AvgIpc) is 2.76. The zero-order chi connectivity index (χ0) is 11.0. The van der Waals surface area contributed by atoms with E-state index < -0.39 is 0 Å². The third kappa shape index (κ3) is 1.44. The number of hydrogen-bond acceptors (Lipinski definition) is 3. The molecule has 78 valence electrons. The van der Waals surface area contributed by atoms with Crippen molar-refractivity contribution in [3.05, 3.63) is 41.8 Å². The van der Waals surface area contributed by atoms with Gasteiger partial charge in [-0.15, -0.1) is 0 Å². The quantitative estimate of drug-likeness (QED) is 0.654. The largest absolute Gasteiger partial charge is 0.337 e. The molecule has 4 nitrogen and oxygen atoms in total. The number of aromatic nitrogens is 4. The predicted octanol–water partition coefficient (Wildman–Crippen LogP) is 2.67. The molecule has 0 radical (unpaired) electrons. The van der Waals surface area contributed by atoms with Crippen LogP contribution in [0.1, 0.15) is 0 Å². The molecule has 0 unspecified atom stereocenters. The summed E-state index contributed by atoms with van der Waals surface area (Å²) in [4.78, 5) is 15.7. The van der Waals surface area contributed by atoms with Gasteiger partial charge in [-0.3, -0.25) is 4.98 Å². The second-order valence-electron chi connectivity index (χ2n) is 3.30. The summed E-state index contributed by atoms with van der Waals surface area (Å²) in [5, 5.41) is 0.399. The van der Waals surface area contributed by atoms with E-state index in [4.69, 9.17) is 11.6 Å². The van der Waals surface area contributed by atoms with Gasteiger partial charge in [0.15, 0.2) is 11.0 Å². The third-order valence-electron chi connectivity index (χ3n) is 2.26. The standard InChI is InChI=1S/C11H7ClN4/c12-10-9-7(4-6-14-10)15-11(16-9)8-3-1-2-5-13-8/h1-6H,(H,15,16). The minimum atomic E-state index is 0.399. The lowest BCUT2D eigenvalue weighted by molar-refractivity contribution is 1.24. The van der Waals surface area contributed by atoms with Crippen LogP contribution >= 0.6 is 11.6 Å². The molecule has 0 bridgehead atoms. The number of imidazole rings is 1. The van der Waals surface area contributed by atoms with Gasteiger partial charge in [-0.05, 0) is 18.2 Å². The highest BCUT2D eigenvalue weighted by molar-refractivity contribution is 6.33. The average molecular weight is 231 g/mol. The molecule has 0 saturated carbocycles. The third-order valence-corrected chi connectivity index (χ3v) is 2.54. The maximum absolute atomic E-state index is 5.94. The molecule has 0 spiro atoms. The van der Waals surface area contributed by atoms with E-state index >= 15 is 0 Å². The topological polar surface area (TPSA) is 54.5 Å². The van der Waals surface area contributed by atoms with Gasteiger partial charge in [0.25, 0.3) is 0 Å². The molecular formula is C11H7ClN4. The van der Waals surface area contributed by atoms with E-state index in [0.717, 1.165) is 11.2 Å². The van der Waals surface area contributed by atoms with Crippen LogP contribution in [0.2, 0.25) is 5.15 Å². The molecule has 0 aromatic carbocycles. The van der Waals surface area contributed by atoms with Crippen molar-refractivity contribution >= 4 is 22.6 Å². The van der Waals surface area contributed by atoms with Crippen molar-refractivity contribution < 1.29 is 0 Å². The molecule has 3 aromatic heterocycles. The van der Waals surface area contributed by atoms with E-state index in [2.05, 4.69) is 19.9 Å². The van der Waals surface area contributed by atoms with Gasteiger partial charge in [0.1, 0.15) is 11.2 Å². The molecule has 0 atom stereocenters. The Morgan fingerprint density at radius 3 is 2.75 bits per heavy atom. The Labute approximate surface area is 96.3 Å². The Balaban J connectivity index is 2.23. The fourth-order valence-electron chi connectivity index (χ4n) is 1.53. The SMILES string of the molecule is Clc1nccc2[nH]c(-c3ccccn3)nc12. The minimum absolute atomic E-state index is 0.399. The molecule has 0 fully saturated rings. The lowest BCUT2D eigenvalue weighted by atomic mass is 10.3. The minimum Gasteiger partial charge on any atom is -0.337 e. The van der Waals surface area contributed by atoms with Crippen LogP contribution in [0, 0.1) is 0 Å². The molecule has 5 heteroatoms. The van der Waals surface area contributed by atoms with Gasteiger partial charge in [-0.1, -0.05) is 17.7 Å². The second-order valence-corrected chi connectivity index (χ2v) is 3.66. The lowest BCUT2D eigenvalue weighted by Crippen LogP contribution is -1.83. The number of nitrogens with zero attached hydrogens (tertiary/aromatic N) is 3. The Morgan fingerprint density at radius 1 is 1.06 bits per heavy atom. The number of nitrogens with one attached hydrogen (secondary N) is 1. The fraction of sp³-hybridized carbons (Fsp3) is 0. The van der Waals surface area contributed by atoms with Crippen LogP contribution in [0.4, 0.5) is 0 Å². The van der Waals surface area contributed by atoms with Crippen molar-refractivity contribution in [1.29, 1.82) is 0 Å². The van der Waals surface area contributed by atoms with E-state index in [-0.39, 0.29) is 0 Å². The molecule has 1 N–H and O–H groups in total. The van der Waals surface area contributed by atoms with Crippen LogP contribution < -0.4 is 0 Å². The normalized spacial score (nSPS) is 10.8. The zero-order valence-electron chi connectivity index (χ0n) is 8.18. The van der Waals surface area contributed by atoms with Crippen LogP contribution in [-0.4, -0.2) is 19.9 Å². The summed E-state index contributed by atoms with van der Waals surface area (Å²) in [6.45, 7) is 0. The van der Waals surface area contributed by atoms with Gasteiger partial charge in [0.05, 0.1) is 5.52 Å². The van der Waals surface area contributed by atoms with E-state index in [0.29, 0.717) is 16.5 Å². The maximum Gasteiger partial charge on any atom is 0.157 e. The number of H-pyrrole nitrogens is 1. The van der Waals surface area contributed by atoms with Crippen molar-refractivity contribution in [2.75, 3.05) is 0 Å². The van der Waals surface area contributed by atoms with Gasteiger partial charge >= 0.3 is 0 Å². The monoisotopic (exact) mass is 230 g/mol. The summed E-state index contributed by atoms with van der Waals surface area (Å²) in [7, 11) is 0. The molecule has 0 aliphatic rings. The molecular weight excluding hydrogens is 224 g/mol. The molecule has 0 aliphatic carbocycles. The fourth-order valence-corrected chi connectivity index (χ4v) is 1.73. The Bertz CT molecular complexity index is 633. The number of pyridine rings is 2. The first-order valence-corrected chi connectivity index (χ1v) is 5.14. The van der Waals surface area contributed by atoms with E-state index in [1.165, 1.54) is 0 Å². The highest BCUT2D eigenvalue weighted by Crippen LogP contribution is 2.22. The second kappa shape index (κ2) is 3.57. The first-order valence-electron chi connectivity index (χ1n) is 4.76. The number of aromatic amines is 1. The van der Waals surface area contributed by atoms with Crippen molar-refractivity contribution in [1.82, 2.24) is 19.9 Å². The summed E-state index contributed by atoms with van der Waals surface area (Å²) in [6, 6.07) is 7.50. The van der Waals surface area contributed by atoms with Crippen molar-refractivity contribution in [2.45, 2.75) is 0 Å². The highest BCUT2D eigenvalue weighted by Gasteiger charge is 2.08. The van der Waals surface area contributed by atoms with Crippen LogP contribution in [0.5, 0.6) is 0 Å². The van der Waals surface area contributed by atoms with E-state index in [1.54, 1.807) is 12.4 Å². The number of rotatable bonds is 1. The number of halogens is 1. The van der Waals surface area contributed by atoms with Gasteiger partial charge < -0.3 is 4.98 Å². The van der Waals surface area contributed by atoms with Crippen LogP contribution in [0.25, 0.3) is 22.6 Å². The summed E-state index contributed by atoms with van der Waals surface area (Å²) in [5.41, 5.74) is 2.32. The molecule has 0 saturated heterocycles. The summed E-state index contributed by atoms with van der Waals surface area (Å²) < 4.78 is 0.